The van der Waals surface area contributed by atoms with Crippen LogP contribution in [0.3, 0.4) is 0 Å². The van der Waals surface area contributed by atoms with Crippen molar-refractivity contribution in [3.8, 4) is 0 Å². The first-order valence-corrected chi connectivity index (χ1v) is 6.25. The minimum Gasteiger partial charge on any atom is -0.340 e. The average Bonchev–Trinajstić information content (AvgIpc) is 2.43. The van der Waals surface area contributed by atoms with Crippen LogP contribution in [0.1, 0.15) is 24.2 Å². The van der Waals surface area contributed by atoms with Crippen molar-refractivity contribution < 1.29 is 18.8 Å². The van der Waals surface area contributed by atoms with Crippen molar-refractivity contribution in [2.75, 3.05) is 14.2 Å². The molecule has 1 atom stereocenters. The molecular weight excluding hydrogens is 263 g/mol. The third-order valence-electron chi connectivity index (χ3n) is 2.91. The molecule has 0 heterocycles. The number of carbonyl (C=O) groups is 2. The summed E-state index contributed by atoms with van der Waals surface area (Å²) in [6.07, 6.45) is 0. The SMILES string of the molecule is CON(C)C(=O)[C@H](NC(=O)c1ccc(F)cc1)C(C)C. The molecule has 0 aliphatic rings. The maximum Gasteiger partial charge on any atom is 0.268 e. The highest BCUT2D eigenvalue weighted by molar-refractivity contribution is 5.97. The number of nitrogens with one attached hydrogen (secondary N) is 1. The Bertz CT molecular complexity index is 474. The van der Waals surface area contributed by atoms with Crippen LogP contribution >= 0.6 is 0 Å². The molecule has 20 heavy (non-hydrogen) atoms. The number of carbonyl (C=O) groups excluding carboxylic acids is 2. The van der Waals surface area contributed by atoms with Crippen LogP contribution in [-0.2, 0) is 9.63 Å². The Hall–Kier alpha value is -1.95. The molecule has 0 saturated carbocycles. The highest BCUT2D eigenvalue weighted by Crippen LogP contribution is 2.08. The summed E-state index contributed by atoms with van der Waals surface area (Å²) in [4.78, 5) is 28.9. The number of likely N-dealkylation sites (N-methyl/N-ethyl adjacent to an activating group) is 1. The van der Waals surface area contributed by atoms with E-state index >= 15 is 0 Å². The number of hydrogen-bond donors (Lipinski definition) is 1. The van der Waals surface area contributed by atoms with Gasteiger partial charge in [0.05, 0.1) is 7.11 Å². The zero-order chi connectivity index (χ0) is 15.3. The van der Waals surface area contributed by atoms with Crippen molar-refractivity contribution in [1.29, 1.82) is 0 Å². The van der Waals surface area contributed by atoms with E-state index in [1.807, 2.05) is 13.8 Å². The molecule has 0 aliphatic carbocycles. The molecule has 0 unspecified atom stereocenters. The summed E-state index contributed by atoms with van der Waals surface area (Å²) in [5.74, 6) is -1.30. The zero-order valence-electron chi connectivity index (χ0n) is 12.0. The molecule has 0 fully saturated rings. The number of hydroxylamine groups is 2. The number of rotatable bonds is 5. The van der Waals surface area contributed by atoms with Crippen molar-refractivity contribution in [2.45, 2.75) is 19.9 Å². The minimum atomic E-state index is -0.711. The Morgan fingerprint density at radius 1 is 1.25 bits per heavy atom. The Morgan fingerprint density at radius 2 is 1.80 bits per heavy atom. The lowest BCUT2D eigenvalue weighted by Gasteiger charge is -2.25. The van der Waals surface area contributed by atoms with Crippen LogP contribution in [0, 0.1) is 11.7 Å². The summed E-state index contributed by atoms with van der Waals surface area (Å²) >= 11 is 0. The van der Waals surface area contributed by atoms with E-state index < -0.39 is 17.8 Å². The van der Waals surface area contributed by atoms with Gasteiger partial charge < -0.3 is 5.32 Å². The van der Waals surface area contributed by atoms with Gasteiger partial charge in [-0.25, -0.2) is 9.45 Å². The van der Waals surface area contributed by atoms with E-state index in [0.717, 1.165) is 5.06 Å². The number of hydrogen-bond acceptors (Lipinski definition) is 3. The van der Waals surface area contributed by atoms with Gasteiger partial charge in [0.15, 0.2) is 0 Å². The third kappa shape index (κ3) is 4.03. The summed E-state index contributed by atoms with van der Waals surface area (Å²) in [5.41, 5.74) is 0.296. The Labute approximate surface area is 117 Å². The van der Waals surface area contributed by atoms with Crippen molar-refractivity contribution in [3.05, 3.63) is 35.6 Å². The lowest BCUT2D eigenvalue weighted by Crippen LogP contribution is -2.49. The highest BCUT2D eigenvalue weighted by Gasteiger charge is 2.27. The number of amides is 2. The topological polar surface area (TPSA) is 58.6 Å². The molecule has 6 heteroatoms. The lowest BCUT2D eigenvalue weighted by atomic mass is 10.0. The smallest absolute Gasteiger partial charge is 0.268 e. The molecule has 5 nitrogen and oxygen atoms in total. The predicted octanol–water partition coefficient (Wildman–Crippen LogP) is 1.60. The van der Waals surface area contributed by atoms with E-state index in [2.05, 4.69) is 5.32 Å². The first kappa shape index (κ1) is 16.1. The van der Waals surface area contributed by atoms with E-state index in [9.17, 15) is 14.0 Å². The zero-order valence-corrected chi connectivity index (χ0v) is 12.0. The molecule has 1 rings (SSSR count). The van der Waals surface area contributed by atoms with Crippen LogP contribution in [0.15, 0.2) is 24.3 Å². The van der Waals surface area contributed by atoms with Gasteiger partial charge in [-0.15, -0.1) is 0 Å². The molecule has 0 aromatic heterocycles. The summed E-state index contributed by atoms with van der Waals surface area (Å²) in [6.45, 7) is 3.63. The van der Waals surface area contributed by atoms with Crippen LogP contribution in [0.2, 0.25) is 0 Å². The molecule has 1 aromatic carbocycles. The Balaban J connectivity index is 2.83. The molecule has 0 radical (unpaired) electrons. The maximum absolute atomic E-state index is 12.8. The monoisotopic (exact) mass is 282 g/mol. The lowest BCUT2D eigenvalue weighted by molar-refractivity contribution is -0.171. The molecule has 110 valence electrons. The molecule has 0 saturated heterocycles. The van der Waals surface area contributed by atoms with Crippen molar-refractivity contribution in [2.24, 2.45) is 5.92 Å². The van der Waals surface area contributed by atoms with Crippen LogP contribution in [0.5, 0.6) is 0 Å². The first-order valence-electron chi connectivity index (χ1n) is 6.25. The molecule has 0 aliphatic heterocycles. The quantitative estimate of drug-likeness (QED) is 0.835. The van der Waals surface area contributed by atoms with E-state index in [0.29, 0.717) is 5.56 Å². The normalized spacial score (nSPS) is 12.1. The van der Waals surface area contributed by atoms with Crippen LogP contribution < -0.4 is 5.32 Å². The van der Waals surface area contributed by atoms with Crippen molar-refractivity contribution in [1.82, 2.24) is 10.4 Å². The first-order chi connectivity index (χ1) is 9.36. The summed E-state index contributed by atoms with van der Waals surface area (Å²) in [6, 6.07) is 4.42. The molecule has 1 aromatic rings. The maximum atomic E-state index is 12.8. The fourth-order valence-electron chi connectivity index (χ4n) is 1.63. The summed E-state index contributed by atoms with van der Waals surface area (Å²) < 4.78 is 12.8. The Kier molecular flexibility index (Phi) is 5.64. The van der Waals surface area contributed by atoms with Gasteiger partial charge in [-0.1, -0.05) is 13.8 Å². The summed E-state index contributed by atoms with van der Waals surface area (Å²) in [5, 5.41) is 3.70. The van der Waals surface area contributed by atoms with E-state index in [1.165, 1.54) is 38.4 Å². The average molecular weight is 282 g/mol. The van der Waals surface area contributed by atoms with Gasteiger partial charge in [0.2, 0.25) is 0 Å². The van der Waals surface area contributed by atoms with Gasteiger partial charge in [0.25, 0.3) is 11.8 Å². The van der Waals surface area contributed by atoms with E-state index in [-0.39, 0.29) is 11.8 Å². The third-order valence-corrected chi connectivity index (χ3v) is 2.91. The van der Waals surface area contributed by atoms with Crippen LogP contribution in [-0.4, -0.2) is 37.1 Å². The second-order valence-electron chi connectivity index (χ2n) is 4.72. The number of nitrogens with zero attached hydrogens (tertiary/aromatic N) is 1. The second kappa shape index (κ2) is 7.00. The van der Waals surface area contributed by atoms with Gasteiger partial charge >= 0.3 is 0 Å². The summed E-state index contributed by atoms with van der Waals surface area (Å²) in [7, 11) is 2.85. The predicted molar refractivity (Wildman–Crippen MR) is 72.3 cm³/mol. The standard InChI is InChI=1S/C14H19FN2O3/c1-9(2)12(14(19)17(3)20-4)16-13(18)10-5-7-11(15)8-6-10/h5-9,12H,1-4H3,(H,16,18)/t12-/m1/s1. The molecule has 2 amide bonds. The molecular formula is C14H19FN2O3. The molecule has 0 bridgehead atoms. The number of halogens is 1. The van der Waals surface area contributed by atoms with Gasteiger partial charge in [0.1, 0.15) is 11.9 Å². The molecule has 0 spiro atoms. The largest absolute Gasteiger partial charge is 0.340 e. The number of benzene rings is 1. The second-order valence-corrected chi connectivity index (χ2v) is 4.72. The fourth-order valence-corrected chi connectivity index (χ4v) is 1.63. The minimum absolute atomic E-state index is 0.107. The van der Waals surface area contributed by atoms with Gasteiger partial charge in [-0.2, -0.15) is 0 Å². The highest BCUT2D eigenvalue weighted by atomic mass is 19.1. The van der Waals surface area contributed by atoms with Crippen molar-refractivity contribution in [3.63, 3.8) is 0 Å². The van der Waals surface area contributed by atoms with Crippen molar-refractivity contribution >= 4 is 11.8 Å². The van der Waals surface area contributed by atoms with E-state index in [1.54, 1.807) is 0 Å². The van der Waals surface area contributed by atoms with Crippen LogP contribution in [0.4, 0.5) is 4.39 Å². The fraction of sp³-hybridized carbons (Fsp3) is 0.429. The van der Waals surface area contributed by atoms with Gasteiger partial charge in [-0.3, -0.25) is 14.4 Å². The van der Waals surface area contributed by atoms with E-state index in [4.69, 9.17) is 4.84 Å². The molecule has 1 N–H and O–H groups in total. The van der Waals surface area contributed by atoms with Gasteiger partial charge in [0, 0.05) is 12.6 Å². The van der Waals surface area contributed by atoms with Crippen LogP contribution in [0.25, 0.3) is 0 Å². The van der Waals surface area contributed by atoms with Gasteiger partial charge in [-0.05, 0) is 30.2 Å². The Morgan fingerprint density at radius 3 is 2.25 bits per heavy atom.